The zero-order valence-corrected chi connectivity index (χ0v) is 20.5. The van der Waals surface area contributed by atoms with E-state index in [1.54, 1.807) is 6.92 Å². The molecule has 2 aliphatic rings. The van der Waals surface area contributed by atoms with E-state index in [-0.39, 0.29) is 5.91 Å². The van der Waals surface area contributed by atoms with Crippen LogP contribution in [0.15, 0.2) is 34.7 Å². The number of likely N-dealkylation sites (tertiary alicyclic amines) is 1. The van der Waals surface area contributed by atoms with Crippen LogP contribution in [0.3, 0.4) is 0 Å². The third kappa shape index (κ3) is 4.65. The highest BCUT2D eigenvalue weighted by molar-refractivity contribution is 5.95. The first-order chi connectivity index (χ1) is 16.5. The molecule has 1 aliphatic carbocycles. The Hall–Kier alpha value is -2.96. The van der Waals surface area contributed by atoms with E-state index in [1.807, 2.05) is 35.0 Å². The van der Waals surface area contributed by atoms with E-state index in [0.29, 0.717) is 35.4 Å². The number of hydrogen-bond acceptors (Lipinski definition) is 5. The summed E-state index contributed by atoms with van der Waals surface area (Å²) in [5.74, 6) is 2.34. The van der Waals surface area contributed by atoms with Gasteiger partial charge in [-0.25, -0.2) is 4.68 Å². The molecule has 2 aromatic heterocycles. The van der Waals surface area contributed by atoms with Crippen molar-refractivity contribution in [1.82, 2.24) is 24.9 Å². The molecule has 1 saturated carbocycles. The molecule has 2 atom stereocenters. The van der Waals surface area contributed by atoms with Gasteiger partial charge < -0.3 is 9.32 Å². The quantitative estimate of drug-likeness (QED) is 0.476. The number of fused-ring (bicyclic) bond motifs is 1. The molecule has 1 amide bonds. The Kier molecular flexibility index (Phi) is 6.53. The van der Waals surface area contributed by atoms with Gasteiger partial charge in [0.1, 0.15) is 5.69 Å². The molecule has 2 fully saturated rings. The van der Waals surface area contributed by atoms with Crippen LogP contribution in [0.4, 0.5) is 0 Å². The number of carbonyl (C=O) groups is 1. The van der Waals surface area contributed by atoms with Gasteiger partial charge in [-0.15, -0.1) is 10.2 Å². The van der Waals surface area contributed by atoms with Gasteiger partial charge in [0.15, 0.2) is 0 Å². The summed E-state index contributed by atoms with van der Waals surface area (Å²) < 4.78 is 7.57. The van der Waals surface area contributed by atoms with Crippen LogP contribution in [0.5, 0.6) is 0 Å². The fraction of sp³-hybridized carbons (Fsp3) is 0.556. The van der Waals surface area contributed by atoms with Gasteiger partial charge in [0.25, 0.3) is 11.8 Å². The molecule has 34 heavy (non-hydrogen) atoms. The number of benzene rings is 1. The fourth-order valence-electron chi connectivity index (χ4n) is 5.58. The van der Waals surface area contributed by atoms with E-state index >= 15 is 0 Å². The molecule has 0 N–H and O–H groups in total. The van der Waals surface area contributed by atoms with Crippen LogP contribution in [0.1, 0.15) is 80.7 Å². The van der Waals surface area contributed by atoms with E-state index in [4.69, 9.17) is 9.52 Å². The first kappa shape index (κ1) is 22.8. The van der Waals surface area contributed by atoms with Crippen molar-refractivity contribution in [2.45, 2.75) is 78.2 Å². The summed E-state index contributed by atoms with van der Waals surface area (Å²) in [5, 5.41) is 12.9. The zero-order valence-electron chi connectivity index (χ0n) is 20.5. The van der Waals surface area contributed by atoms with Crippen molar-refractivity contribution >= 4 is 5.91 Å². The predicted octanol–water partition coefficient (Wildman–Crippen LogP) is 5.61. The largest absolute Gasteiger partial charge is 0.420 e. The lowest BCUT2D eigenvalue weighted by Gasteiger charge is -2.44. The molecule has 180 valence electrons. The highest BCUT2D eigenvalue weighted by atomic mass is 16.4. The molecule has 1 aromatic carbocycles. The highest BCUT2D eigenvalue weighted by Crippen LogP contribution is 2.36. The number of carbonyl (C=O) groups excluding carboxylic acids is 1. The van der Waals surface area contributed by atoms with Crippen molar-refractivity contribution in [3.05, 3.63) is 47.5 Å². The molecule has 3 aromatic rings. The Morgan fingerprint density at radius 2 is 1.94 bits per heavy atom. The minimum absolute atomic E-state index is 0.155. The minimum atomic E-state index is 0.155. The average molecular weight is 462 g/mol. The molecule has 0 unspecified atom stereocenters. The molecule has 1 saturated heterocycles. The Labute approximate surface area is 201 Å². The maximum atomic E-state index is 13.6. The van der Waals surface area contributed by atoms with Crippen LogP contribution in [-0.4, -0.2) is 43.4 Å². The van der Waals surface area contributed by atoms with E-state index in [1.165, 1.54) is 25.7 Å². The SMILES string of the molecule is Cc1nnc(-c2cc(CCC(C)C)n(-c3cccc(C(=O)N4CCC[C@@H]5CCCC[C@H]54)c3)n2)o1. The predicted molar refractivity (Wildman–Crippen MR) is 131 cm³/mol. The number of rotatable bonds is 6. The Balaban J connectivity index is 1.46. The van der Waals surface area contributed by atoms with Crippen LogP contribution in [0, 0.1) is 18.8 Å². The molecule has 5 rings (SSSR count). The lowest BCUT2D eigenvalue weighted by atomic mass is 9.78. The summed E-state index contributed by atoms with van der Waals surface area (Å²) in [5.41, 5.74) is 3.38. The van der Waals surface area contributed by atoms with Gasteiger partial charge in [0.2, 0.25) is 5.89 Å². The van der Waals surface area contributed by atoms with Crippen LogP contribution in [0.2, 0.25) is 0 Å². The number of aromatic nitrogens is 4. The van der Waals surface area contributed by atoms with Crippen molar-refractivity contribution < 1.29 is 9.21 Å². The first-order valence-corrected chi connectivity index (χ1v) is 12.8. The lowest BCUT2D eigenvalue weighted by Crippen LogP contribution is -2.49. The van der Waals surface area contributed by atoms with E-state index in [0.717, 1.165) is 49.2 Å². The van der Waals surface area contributed by atoms with Crippen molar-refractivity contribution in [3.8, 4) is 17.3 Å². The maximum absolute atomic E-state index is 13.6. The van der Waals surface area contributed by atoms with Gasteiger partial charge in [0, 0.05) is 30.8 Å². The van der Waals surface area contributed by atoms with E-state index in [2.05, 4.69) is 28.9 Å². The second-order valence-corrected chi connectivity index (χ2v) is 10.3. The highest BCUT2D eigenvalue weighted by Gasteiger charge is 2.36. The number of hydrogen-bond donors (Lipinski definition) is 0. The molecule has 7 nitrogen and oxygen atoms in total. The van der Waals surface area contributed by atoms with Gasteiger partial charge in [-0.3, -0.25) is 4.79 Å². The summed E-state index contributed by atoms with van der Waals surface area (Å²) in [6.07, 6.45) is 9.24. The summed E-state index contributed by atoms with van der Waals surface area (Å²) in [7, 11) is 0. The second-order valence-electron chi connectivity index (χ2n) is 10.3. The zero-order chi connectivity index (χ0) is 23.7. The molecular weight excluding hydrogens is 426 g/mol. The van der Waals surface area contributed by atoms with Gasteiger partial charge in [-0.2, -0.15) is 5.10 Å². The number of nitrogens with zero attached hydrogens (tertiary/aromatic N) is 5. The van der Waals surface area contributed by atoms with Crippen molar-refractivity contribution in [2.24, 2.45) is 11.8 Å². The maximum Gasteiger partial charge on any atom is 0.268 e. The molecular formula is C27H35N5O2. The summed E-state index contributed by atoms with van der Waals surface area (Å²) >= 11 is 0. The van der Waals surface area contributed by atoms with Gasteiger partial charge >= 0.3 is 0 Å². The number of piperidine rings is 1. The van der Waals surface area contributed by atoms with Crippen LogP contribution in [0.25, 0.3) is 17.3 Å². The van der Waals surface area contributed by atoms with Crippen LogP contribution < -0.4 is 0 Å². The standard InChI is InChI=1S/C27H35N5O2/c1-18(2)13-14-23-17-24(26-29-28-19(3)34-26)30-32(23)22-11-6-9-21(16-22)27(33)31-15-7-10-20-8-4-5-12-25(20)31/h6,9,11,16-18,20,25H,4-5,7-8,10,12-15H2,1-3H3/t20-,25+/m0/s1. The van der Waals surface area contributed by atoms with Crippen molar-refractivity contribution in [1.29, 1.82) is 0 Å². The van der Waals surface area contributed by atoms with Gasteiger partial charge in [-0.1, -0.05) is 32.8 Å². The second kappa shape index (κ2) is 9.72. The Bertz CT molecular complexity index is 1150. The van der Waals surface area contributed by atoms with Crippen LogP contribution >= 0.6 is 0 Å². The molecule has 0 bridgehead atoms. The van der Waals surface area contributed by atoms with Crippen molar-refractivity contribution in [3.63, 3.8) is 0 Å². The fourth-order valence-corrected chi connectivity index (χ4v) is 5.58. The molecule has 0 radical (unpaired) electrons. The molecule has 7 heteroatoms. The van der Waals surface area contributed by atoms with E-state index < -0.39 is 0 Å². The molecule has 0 spiro atoms. The molecule has 3 heterocycles. The van der Waals surface area contributed by atoms with Crippen molar-refractivity contribution in [2.75, 3.05) is 6.54 Å². The van der Waals surface area contributed by atoms with E-state index in [9.17, 15) is 4.79 Å². The normalized spacial score (nSPS) is 20.5. The lowest BCUT2D eigenvalue weighted by molar-refractivity contribution is 0.0390. The smallest absolute Gasteiger partial charge is 0.268 e. The van der Waals surface area contributed by atoms with Crippen LogP contribution in [-0.2, 0) is 6.42 Å². The first-order valence-electron chi connectivity index (χ1n) is 12.8. The third-order valence-electron chi connectivity index (χ3n) is 7.35. The summed E-state index contributed by atoms with van der Waals surface area (Å²) in [6, 6.07) is 10.3. The molecule has 1 aliphatic heterocycles. The minimum Gasteiger partial charge on any atom is -0.420 e. The Morgan fingerprint density at radius 3 is 2.74 bits per heavy atom. The average Bonchev–Trinajstić information content (AvgIpc) is 3.48. The summed E-state index contributed by atoms with van der Waals surface area (Å²) in [6.45, 7) is 7.09. The number of aryl methyl sites for hydroxylation is 2. The monoisotopic (exact) mass is 461 g/mol. The number of amides is 1. The summed E-state index contributed by atoms with van der Waals surface area (Å²) in [4.78, 5) is 15.8. The van der Waals surface area contributed by atoms with Gasteiger partial charge in [0.05, 0.1) is 5.69 Å². The third-order valence-corrected chi connectivity index (χ3v) is 7.35. The Morgan fingerprint density at radius 1 is 1.12 bits per heavy atom. The van der Waals surface area contributed by atoms with Gasteiger partial charge in [-0.05, 0) is 74.6 Å². The topological polar surface area (TPSA) is 77.1 Å².